The second-order valence-corrected chi connectivity index (χ2v) is 4.27. The standard InChI is InChI=1S/C13H7NO3S/c15-14(16)8-5-6-10-12(7-8)17-11-4-2-1-3-9(11)13(10)18/h1-7H. The molecule has 0 spiro atoms. The molecule has 0 saturated carbocycles. The van der Waals surface area contributed by atoms with E-state index >= 15 is 0 Å². The van der Waals surface area contributed by atoms with Crippen LogP contribution < -0.4 is 0 Å². The molecular formula is C13H7NO3S. The lowest BCUT2D eigenvalue weighted by Crippen LogP contribution is -1.87. The zero-order valence-corrected chi connectivity index (χ0v) is 9.94. The van der Waals surface area contributed by atoms with E-state index in [0.717, 1.165) is 5.39 Å². The van der Waals surface area contributed by atoms with Crippen molar-refractivity contribution in [2.45, 2.75) is 0 Å². The summed E-state index contributed by atoms with van der Waals surface area (Å²) >= 11 is 5.37. The molecule has 0 N–H and O–H groups in total. The second kappa shape index (κ2) is 3.89. The fourth-order valence-electron chi connectivity index (χ4n) is 1.90. The Hall–Kier alpha value is -2.27. The molecule has 88 valence electrons. The molecule has 0 amide bonds. The highest BCUT2D eigenvalue weighted by atomic mass is 32.1. The molecule has 0 radical (unpaired) electrons. The van der Waals surface area contributed by atoms with E-state index in [0.29, 0.717) is 21.1 Å². The van der Waals surface area contributed by atoms with E-state index in [-0.39, 0.29) is 5.69 Å². The number of para-hydroxylation sites is 1. The zero-order chi connectivity index (χ0) is 12.7. The van der Waals surface area contributed by atoms with E-state index in [1.165, 1.54) is 12.1 Å². The summed E-state index contributed by atoms with van der Waals surface area (Å²) in [6.07, 6.45) is 0. The third kappa shape index (κ3) is 1.56. The molecule has 5 heteroatoms. The zero-order valence-electron chi connectivity index (χ0n) is 9.12. The van der Waals surface area contributed by atoms with Crippen molar-refractivity contribution in [1.29, 1.82) is 0 Å². The van der Waals surface area contributed by atoms with Crippen molar-refractivity contribution in [2.75, 3.05) is 0 Å². The van der Waals surface area contributed by atoms with Crippen LogP contribution in [0.2, 0.25) is 0 Å². The summed E-state index contributed by atoms with van der Waals surface area (Å²) < 4.78 is 6.30. The fourth-order valence-corrected chi connectivity index (χ4v) is 2.24. The normalized spacial score (nSPS) is 10.9. The Balaban J connectivity index is 2.48. The summed E-state index contributed by atoms with van der Waals surface area (Å²) in [6.45, 7) is 0. The Labute approximate surface area is 107 Å². The lowest BCUT2D eigenvalue weighted by molar-refractivity contribution is -0.384. The Kier molecular flexibility index (Phi) is 2.34. The van der Waals surface area contributed by atoms with E-state index in [1.807, 2.05) is 18.2 Å². The van der Waals surface area contributed by atoms with Gasteiger partial charge < -0.3 is 4.42 Å². The molecule has 0 atom stereocenters. The van der Waals surface area contributed by atoms with Crippen LogP contribution in [0, 0.1) is 14.6 Å². The molecule has 0 bridgehead atoms. The van der Waals surface area contributed by atoms with Crippen molar-refractivity contribution in [3.63, 3.8) is 0 Å². The summed E-state index contributed by atoms with van der Waals surface area (Å²) in [4.78, 5) is 10.3. The highest BCUT2D eigenvalue weighted by Crippen LogP contribution is 2.27. The molecule has 0 saturated heterocycles. The molecule has 0 fully saturated rings. The minimum atomic E-state index is -0.451. The first kappa shape index (κ1) is 10.9. The molecule has 0 unspecified atom stereocenters. The van der Waals surface area contributed by atoms with Crippen LogP contribution >= 0.6 is 12.2 Å². The smallest absolute Gasteiger partial charge is 0.273 e. The molecule has 18 heavy (non-hydrogen) atoms. The van der Waals surface area contributed by atoms with Crippen LogP contribution in [0.1, 0.15) is 0 Å². The third-order valence-electron chi connectivity index (χ3n) is 2.77. The van der Waals surface area contributed by atoms with Gasteiger partial charge in [-0.25, -0.2) is 0 Å². The van der Waals surface area contributed by atoms with Crippen molar-refractivity contribution in [1.82, 2.24) is 0 Å². The Morgan fingerprint density at radius 1 is 1.06 bits per heavy atom. The maximum atomic E-state index is 10.7. The van der Waals surface area contributed by atoms with Gasteiger partial charge in [-0.2, -0.15) is 0 Å². The van der Waals surface area contributed by atoms with Crippen LogP contribution in [0.5, 0.6) is 0 Å². The van der Waals surface area contributed by atoms with Crippen molar-refractivity contribution >= 4 is 39.8 Å². The average Bonchev–Trinajstić information content (AvgIpc) is 2.38. The van der Waals surface area contributed by atoms with Gasteiger partial charge in [0.15, 0.2) is 0 Å². The monoisotopic (exact) mass is 257 g/mol. The lowest BCUT2D eigenvalue weighted by atomic mass is 10.1. The number of nitro groups is 1. The number of nitrogens with zero attached hydrogens (tertiary/aromatic N) is 1. The van der Waals surface area contributed by atoms with Gasteiger partial charge in [-0.15, -0.1) is 0 Å². The Morgan fingerprint density at radius 3 is 2.56 bits per heavy atom. The van der Waals surface area contributed by atoms with Gasteiger partial charge in [0.2, 0.25) is 0 Å². The van der Waals surface area contributed by atoms with Gasteiger partial charge >= 0.3 is 0 Å². The highest BCUT2D eigenvalue weighted by Gasteiger charge is 2.10. The third-order valence-corrected chi connectivity index (χ3v) is 3.21. The Morgan fingerprint density at radius 2 is 1.78 bits per heavy atom. The summed E-state index contributed by atoms with van der Waals surface area (Å²) in [5.74, 6) is 0. The molecule has 0 aliphatic heterocycles. The van der Waals surface area contributed by atoms with Gasteiger partial charge in [0.1, 0.15) is 11.2 Å². The predicted molar refractivity (Wildman–Crippen MR) is 71.2 cm³/mol. The van der Waals surface area contributed by atoms with Gasteiger partial charge in [-0.3, -0.25) is 10.1 Å². The number of nitro benzene ring substituents is 1. The molecule has 0 aliphatic rings. The summed E-state index contributed by atoms with van der Waals surface area (Å²) in [7, 11) is 0. The van der Waals surface area contributed by atoms with Crippen LogP contribution in [0.4, 0.5) is 5.69 Å². The van der Waals surface area contributed by atoms with Crippen molar-refractivity contribution < 1.29 is 9.34 Å². The minimum Gasteiger partial charge on any atom is -0.456 e. The maximum absolute atomic E-state index is 10.7. The highest BCUT2D eigenvalue weighted by molar-refractivity contribution is 7.72. The summed E-state index contributed by atoms with van der Waals surface area (Å²) in [5.41, 5.74) is 1.07. The first-order chi connectivity index (χ1) is 8.66. The molecule has 3 aromatic rings. The maximum Gasteiger partial charge on any atom is 0.273 e. The molecule has 0 aliphatic carbocycles. The number of benzene rings is 2. The van der Waals surface area contributed by atoms with Crippen LogP contribution in [0.3, 0.4) is 0 Å². The van der Waals surface area contributed by atoms with Crippen molar-refractivity contribution in [2.24, 2.45) is 0 Å². The van der Waals surface area contributed by atoms with Gasteiger partial charge in [-0.05, 0) is 18.2 Å². The molecule has 4 nitrogen and oxygen atoms in total. The number of rotatable bonds is 1. The molecule has 2 aromatic carbocycles. The minimum absolute atomic E-state index is 0.00377. The summed E-state index contributed by atoms with van der Waals surface area (Å²) in [5, 5.41) is 12.3. The Bertz CT molecular complexity index is 838. The fraction of sp³-hybridized carbons (Fsp3) is 0. The lowest BCUT2D eigenvalue weighted by Gasteiger charge is -2.02. The number of non-ortho nitro benzene ring substituents is 1. The van der Waals surface area contributed by atoms with Gasteiger partial charge in [0.25, 0.3) is 5.69 Å². The molecule has 3 rings (SSSR count). The van der Waals surface area contributed by atoms with Crippen LogP contribution in [0.15, 0.2) is 46.9 Å². The SMILES string of the molecule is O=[N+]([O-])c1ccc2c(=S)c3ccccc3oc2c1. The van der Waals surface area contributed by atoms with E-state index < -0.39 is 4.92 Å². The average molecular weight is 257 g/mol. The number of hydrogen-bond acceptors (Lipinski definition) is 4. The molecule has 1 aromatic heterocycles. The van der Waals surface area contributed by atoms with Crippen LogP contribution in [-0.4, -0.2) is 4.92 Å². The molecular weight excluding hydrogens is 250 g/mol. The first-order valence-corrected chi connectivity index (χ1v) is 5.67. The van der Waals surface area contributed by atoms with E-state index in [4.69, 9.17) is 16.6 Å². The predicted octanol–water partition coefficient (Wildman–Crippen LogP) is 4.22. The summed E-state index contributed by atoms with van der Waals surface area (Å²) in [6, 6.07) is 11.9. The first-order valence-electron chi connectivity index (χ1n) is 5.27. The van der Waals surface area contributed by atoms with Gasteiger partial charge in [-0.1, -0.05) is 24.4 Å². The number of fused-ring (bicyclic) bond motifs is 2. The van der Waals surface area contributed by atoms with E-state index in [9.17, 15) is 10.1 Å². The number of hydrogen-bond donors (Lipinski definition) is 0. The van der Waals surface area contributed by atoms with Crippen molar-refractivity contribution in [3.8, 4) is 0 Å². The van der Waals surface area contributed by atoms with Crippen LogP contribution in [-0.2, 0) is 0 Å². The quantitative estimate of drug-likeness (QED) is 0.283. The van der Waals surface area contributed by atoms with Crippen molar-refractivity contribution in [3.05, 3.63) is 57.1 Å². The van der Waals surface area contributed by atoms with E-state index in [2.05, 4.69) is 0 Å². The second-order valence-electron chi connectivity index (χ2n) is 3.86. The van der Waals surface area contributed by atoms with Gasteiger partial charge in [0, 0.05) is 16.8 Å². The van der Waals surface area contributed by atoms with E-state index in [1.54, 1.807) is 12.1 Å². The largest absolute Gasteiger partial charge is 0.456 e. The molecule has 1 heterocycles. The van der Waals surface area contributed by atoms with Crippen LogP contribution in [0.25, 0.3) is 21.9 Å². The van der Waals surface area contributed by atoms with Gasteiger partial charge in [0.05, 0.1) is 15.5 Å². The topological polar surface area (TPSA) is 56.3 Å².